The number of thiophene rings is 1. The van der Waals surface area contributed by atoms with Gasteiger partial charge in [-0.25, -0.2) is 0 Å². The van der Waals surface area contributed by atoms with E-state index >= 15 is 0 Å². The molecule has 1 aromatic heterocycles. The molecule has 2 N–H and O–H groups in total. The van der Waals surface area contributed by atoms with E-state index in [4.69, 9.17) is 0 Å². The van der Waals surface area contributed by atoms with Crippen molar-refractivity contribution in [2.24, 2.45) is 4.99 Å². The molecule has 0 aliphatic carbocycles. The van der Waals surface area contributed by atoms with E-state index in [0.29, 0.717) is 0 Å². The van der Waals surface area contributed by atoms with Crippen molar-refractivity contribution >= 4 is 17.3 Å². The molecule has 1 rings (SSSR count). The first-order valence-corrected chi connectivity index (χ1v) is 7.21. The molecule has 0 unspecified atom stereocenters. The molecular weight excluding hydrogens is 230 g/mol. The topological polar surface area (TPSA) is 36.4 Å². The number of hydrogen-bond donors (Lipinski definition) is 2. The van der Waals surface area contributed by atoms with E-state index in [9.17, 15) is 0 Å². The zero-order chi connectivity index (χ0) is 12.3. The van der Waals surface area contributed by atoms with Crippen LogP contribution in [0.15, 0.2) is 22.5 Å². The molecule has 0 aromatic carbocycles. The number of nitrogens with zero attached hydrogens (tertiary/aromatic N) is 1. The Morgan fingerprint density at radius 1 is 1.29 bits per heavy atom. The van der Waals surface area contributed by atoms with Gasteiger partial charge in [0.15, 0.2) is 5.96 Å². The van der Waals surface area contributed by atoms with Crippen molar-refractivity contribution in [3.05, 3.63) is 22.4 Å². The van der Waals surface area contributed by atoms with Crippen LogP contribution in [0.5, 0.6) is 0 Å². The SMILES string of the molecule is CCCCCCNC(=NC)NCc1cccs1. The first-order valence-electron chi connectivity index (χ1n) is 6.33. The van der Waals surface area contributed by atoms with Crippen LogP contribution in [0.1, 0.15) is 37.5 Å². The molecule has 0 saturated heterocycles. The molecule has 4 heteroatoms. The van der Waals surface area contributed by atoms with Crippen LogP contribution in [0.2, 0.25) is 0 Å². The molecule has 0 fully saturated rings. The van der Waals surface area contributed by atoms with Crippen LogP contribution in [0.25, 0.3) is 0 Å². The van der Waals surface area contributed by atoms with Gasteiger partial charge in [-0.15, -0.1) is 11.3 Å². The quantitative estimate of drug-likeness (QED) is 0.445. The summed E-state index contributed by atoms with van der Waals surface area (Å²) in [4.78, 5) is 5.54. The van der Waals surface area contributed by atoms with Gasteiger partial charge in [-0.05, 0) is 17.9 Å². The summed E-state index contributed by atoms with van der Waals surface area (Å²) in [6.45, 7) is 4.09. The van der Waals surface area contributed by atoms with E-state index in [1.54, 1.807) is 11.3 Å². The van der Waals surface area contributed by atoms with E-state index in [1.807, 2.05) is 7.05 Å². The monoisotopic (exact) mass is 253 g/mol. The number of hydrogen-bond acceptors (Lipinski definition) is 2. The Morgan fingerprint density at radius 2 is 2.18 bits per heavy atom. The van der Waals surface area contributed by atoms with E-state index in [0.717, 1.165) is 19.0 Å². The van der Waals surface area contributed by atoms with Crippen molar-refractivity contribution in [3.8, 4) is 0 Å². The minimum absolute atomic E-state index is 0.853. The van der Waals surface area contributed by atoms with Crippen molar-refractivity contribution in [2.75, 3.05) is 13.6 Å². The van der Waals surface area contributed by atoms with Gasteiger partial charge in [-0.2, -0.15) is 0 Å². The van der Waals surface area contributed by atoms with Gasteiger partial charge < -0.3 is 10.6 Å². The molecule has 1 aromatic rings. The third-order valence-electron chi connectivity index (χ3n) is 2.56. The lowest BCUT2D eigenvalue weighted by Gasteiger charge is -2.10. The molecule has 96 valence electrons. The third-order valence-corrected chi connectivity index (χ3v) is 3.43. The lowest BCUT2D eigenvalue weighted by Crippen LogP contribution is -2.37. The van der Waals surface area contributed by atoms with Gasteiger partial charge in [-0.1, -0.05) is 32.3 Å². The maximum absolute atomic E-state index is 4.20. The summed E-state index contributed by atoms with van der Waals surface area (Å²) in [6.07, 6.45) is 5.12. The van der Waals surface area contributed by atoms with Gasteiger partial charge in [0.05, 0.1) is 6.54 Å². The second-order valence-corrected chi connectivity index (χ2v) is 5.02. The molecule has 0 saturated carbocycles. The molecule has 0 amide bonds. The lowest BCUT2D eigenvalue weighted by atomic mass is 10.2. The Balaban J connectivity index is 2.12. The molecule has 0 aliphatic heterocycles. The molecule has 1 heterocycles. The van der Waals surface area contributed by atoms with Crippen molar-refractivity contribution in [2.45, 2.75) is 39.2 Å². The standard InChI is InChI=1S/C13H23N3S/c1-3-4-5-6-9-15-13(14-2)16-11-12-8-7-10-17-12/h7-8,10H,3-6,9,11H2,1-2H3,(H2,14,15,16). The highest BCUT2D eigenvalue weighted by Crippen LogP contribution is 2.07. The fourth-order valence-electron chi connectivity index (χ4n) is 1.56. The van der Waals surface area contributed by atoms with Gasteiger partial charge in [0, 0.05) is 18.5 Å². The number of guanidine groups is 1. The largest absolute Gasteiger partial charge is 0.356 e. The van der Waals surface area contributed by atoms with Crippen molar-refractivity contribution in [1.82, 2.24) is 10.6 Å². The van der Waals surface area contributed by atoms with E-state index in [1.165, 1.54) is 30.6 Å². The normalized spacial score (nSPS) is 11.5. The zero-order valence-corrected chi connectivity index (χ0v) is 11.6. The maximum Gasteiger partial charge on any atom is 0.191 e. The maximum atomic E-state index is 4.20. The van der Waals surface area contributed by atoms with E-state index in [-0.39, 0.29) is 0 Å². The molecule has 0 spiro atoms. The Bertz CT molecular complexity index is 306. The molecule has 0 radical (unpaired) electrons. The van der Waals surface area contributed by atoms with Crippen LogP contribution in [-0.4, -0.2) is 19.6 Å². The van der Waals surface area contributed by atoms with Gasteiger partial charge >= 0.3 is 0 Å². The highest BCUT2D eigenvalue weighted by atomic mass is 32.1. The Kier molecular flexibility index (Phi) is 7.47. The number of aliphatic imine (C=N–C) groups is 1. The molecule has 0 bridgehead atoms. The molecule has 0 aliphatic rings. The average Bonchev–Trinajstić information content (AvgIpc) is 2.86. The van der Waals surface area contributed by atoms with Crippen LogP contribution >= 0.6 is 11.3 Å². The van der Waals surface area contributed by atoms with Crippen LogP contribution in [0, 0.1) is 0 Å². The van der Waals surface area contributed by atoms with Crippen molar-refractivity contribution in [3.63, 3.8) is 0 Å². The summed E-state index contributed by atoms with van der Waals surface area (Å²) < 4.78 is 0. The van der Waals surface area contributed by atoms with Gasteiger partial charge in [0.1, 0.15) is 0 Å². The van der Waals surface area contributed by atoms with Crippen molar-refractivity contribution in [1.29, 1.82) is 0 Å². The summed E-state index contributed by atoms with van der Waals surface area (Å²) in [5.74, 6) is 0.898. The molecular formula is C13H23N3S. The van der Waals surface area contributed by atoms with E-state index in [2.05, 4.69) is 40.1 Å². The zero-order valence-electron chi connectivity index (χ0n) is 10.8. The second kappa shape index (κ2) is 9.05. The smallest absolute Gasteiger partial charge is 0.191 e. The Morgan fingerprint density at radius 3 is 2.82 bits per heavy atom. The Labute approximate surface area is 108 Å². The minimum Gasteiger partial charge on any atom is -0.356 e. The number of rotatable bonds is 7. The predicted octanol–water partition coefficient (Wildman–Crippen LogP) is 2.99. The first kappa shape index (κ1) is 14.0. The summed E-state index contributed by atoms with van der Waals surface area (Å²) in [5, 5.41) is 8.74. The second-order valence-electron chi connectivity index (χ2n) is 3.99. The van der Waals surface area contributed by atoms with Crippen LogP contribution < -0.4 is 10.6 Å². The van der Waals surface area contributed by atoms with Crippen molar-refractivity contribution < 1.29 is 0 Å². The number of nitrogens with one attached hydrogen (secondary N) is 2. The average molecular weight is 253 g/mol. The summed E-state index contributed by atoms with van der Waals surface area (Å²) >= 11 is 1.77. The van der Waals surface area contributed by atoms with Gasteiger partial charge in [0.2, 0.25) is 0 Å². The van der Waals surface area contributed by atoms with E-state index < -0.39 is 0 Å². The fraction of sp³-hybridized carbons (Fsp3) is 0.615. The predicted molar refractivity (Wildman–Crippen MR) is 76.7 cm³/mol. The molecule has 3 nitrogen and oxygen atoms in total. The fourth-order valence-corrected chi connectivity index (χ4v) is 2.21. The van der Waals surface area contributed by atoms with Gasteiger partial charge in [0.25, 0.3) is 0 Å². The van der Waals surface area contributed by atoms with Crippen LogP contribution in [0.3, 0.4) is 0 Å². The summed E-state index contributed by atoms with van der Waals surface area (Å²) in [6, 6.07) is 4.20. The number of unbranched alkanes of at least 4 members (excludes halogenated alkanes) is 3. The third kappa shape index (κ3) is 6.31. The molecule has 17 heavy (non-hydrogen) atoms. The summed E-state index contributed by atoms with van der Waals surface area (Å²) in [7, 11) is 1.82. The van der Waals surface area contributed by atoms with Crippen LogP contribution in [0.4, 0.5) is 0 Å². The first-order chi connectivity index (χ1) is 8.36. The summed E-state index contributed by atoms with van der Waals surface area (Å²) in [5.41, 5.74) is 0. The highest BCUT2D eigenvalue weighted by molar-refractivity contribution is 7.09. The minimum atomic E-state index is 0.853. The van der Waals surface area contributed by atoms with Gasteiger partial charge in [-0.3, -0.25) is 4.99 Å². The lowest BCUT2D eigenvalue weighted by molar-refractivity contribution is 0.647. The molecule has 0 atom stereocenters. The Hall–Kier alpha value is -1.03. The van der Waals surface area contributed by atoms with Crippen LogP contribution in [-0.2, 0) is 6.54 Å². The highest BCUT2D eigenvalue weighted by Gasteiger charge is 1.98.